The van der Waals surface area contributed by atoms with Crippen molar-refractivity contribution in [1.29, 1.82) is 0 Å². The summed E-state index contributed by atoms with van der Waals surface area (Å²) >= 11 is 5.90. The molecule has 1 nitrogen and oxygen atoms in total. The molecule has 0 spiro atoms. The number of hydrogen-bond donors (Lipinski definition) is 1. The lowest BCUT2D eigenvalue weighted by molar-refractivity contribution is 0.623. The molecule has 1 N–H and O–H groups in total. The van der Waals surface area contributed by atoms with Crippen molar-refractivity contribution in [1.82, 2.24) is 5.32 Å². The molecule has 0 saturated heterocycles. The molecule has 3 heteroatoms. The average molecular weight is 292 g/mol. The minimum Gasteiger partial charge on any atom is -0.309 e. The number of halogens is 2. The van der Waals surface area contributed by atoms with Crippen LogP contribution in [-0.2, 0) is 0 Å². The van der Waals surface area contributed by atoms with Gasteiger partial charge in [0.1, 0.15) is 5.82 Å². The van der Waals surface area contributed by atoms with Gasteiger partial charge in [-0.1, -0.05) is 29.8 Å². The molecule has 0 bridgehead atoms. The van der Waals surface area contributed by atoms with Crippen molar-refractivity contribution >= 4 is 11.6 Å². The summed E-state index contributed by atoms with van der Waals surface area (Å²) in [5.74, 6) is -0.387. The fourth-order valence-electron chi connectivity index (χ4n) is 2.49. The summed E-state index contributed by atoms with van der Waals surface area (Å²) in [4.78, 5) is 0. The number of aryl methyl sites for hydroxylation is 3. The highest BCUT2D eigenvalue weighted by atomic mass is 35.5. The Labute approximate surface area is 124 Å². The highest BCUT2D eigenvalue weighted by Gasteiger charge is 2.16. The molecule has 0 aliphatic carbocycles. The lowest BCUT2D eigenvalue weighted by Gasteiger charge is -2.21. The third kappa shape index (κ3) is 2.87. The van der Waals surface area contributed by atoms with Gasteiger partial charge in [0.2, 0.25) is 0 Å². The van der Waals surface area contributed by atoms with Crippen molar-refractivity contribution in [3.8, 4) is 0 Å². The van der Waals surface area contributed by atoms with Gasteiger partial charge in [0, 0.05) is 0 Å². The Balaban J connectivity index is 2.52. The van der Waals surface area contributed by atoms with Gasteiger partial charge in [0.15, 0.2) is 0 Å². The van der Waals surface area contributed by atoms with Crippen LogP contribution in [0.5, 0.6) is 0 Å². The molecule has 0 saturated carbocycles. The lowest BCUT2D eigenvalue weighted by atomic mass is 9.92. The highest BCUT2D eigenvalue weighted by molar-refractivity contribution is 6.30. The van der Waals surface area contributed by atoms with E-state index < -0.39 is 0 Å². The first kappa shape index (κ1) is 15.0. The first-order chi connectivity index (χ1) is 9.43. The molecule has 2 aromatic rings. The predicted octanol–water partition coefficient (Wildman–Crippen LogP) is 4.71. The molecule has 2 aromatic carbocycles. The largest absolute Gasteiger partial charge is 0.309 e. The zero-order chi connectivity index (χ0) is 14.9. The molecule has 106 valence electrons. The SMILES string of the molecule is CNC(c1ccc(F)c(Cl)c1)c1cc(C)c(C)cc1C. The van der Waals surface area contributed by atoms with Crippen LogP contribution in [0.4, 0.5) is 4.39 Å². The summed E-state index contributed by atoms with van der Waals surface area (Å²) in [6.45, 7) is 6.30. The second-order valence-corrected chi connectivity index (χ2v) is 5.60. The van der Waals surface area contributed by atoms with Gasteiger partial charge in [-0.25, -0.2) is 4.39 Å². The average Bonchev–Trinajstić information content (AvgIpc) is 2.40. The molecule has 0 heterocycles. The van der Waals surface area contributed by atoms with E-state index in [0.717, 1.165) is 5.56 Å². The van der Waals surface area contributed by atoms with E-state index >= 15 is 0 Å². The first-order valence-electron chi connectivity index (χ1n) is 6.64. The first-order valence-corrected chi connectivity index (χ1v) is 7.01. The van der Waals surface area contributed by atoms with Gasteiger partial charge in [-0.15, -0.1) is 0 Å². The zero-order valence-electron chi connectivity index (χ0n) is 12.2. The van der Waals surface area contributed by atoms with E-state index in [-0.39, 0.29) is 16.9 Å². The Hall–Kier alpha value is -1.38. The lowest BCUT2D eigenvalue weighted by Crippen LogP contribution is -2.19. The summed E-state index contributed by atoms with van der Waals surface area (Å²) in [7, 11) is 1.90. The fraction of sp³-hybridized carbons (Fsp3) is 0.294. The molecule has 2 rings (SSSR count). The second-order valence-electron chi connectivity index (χ2n) is 5.19. The molecule has 0 amide bonds. The molecule has 20 heavy (non-hydrogen) atoms. The highest BCUT2D eigenvalue weighted by Crippen LogP contribution is 2.29. The van der Waals surface area contributed by atoms with Crippen LogP contribution in [0.1, 0.15) is 33.9 Å². The summed E-state index contributed by atoms with van der Waals surface area (Å²) in [5.41, 5.74) is 5.90. The summed E-state index contributed by atoms with van der Waals surface area (Å²) in [6, 6.07) is 9.25. The normalized spacial score (nSPS) is 12.5. The van der Waals surface area contributed by atoms with Crippen molar-refractivity contribution in [3.05, 3.63) is 69.0 Å². The van der Waals surface area contributed by atoms with Gasteiger partial charge in [-0.2, -0.15) is 0 Å². The van der Waals surface area contributed by atoms with Gasteiger partial charge in [0.25, 0.3) is 0 Å². The summed E-state index contributed by atoms with van der Waals surface area (Å²) in [6.07, 6.45) is 0. The van der Waals surface area contributed by atoms with Crippen molar-refractivity contribution < 1.29 is 4.39 Å². The Bertz CT molecular complexity index is 637. The van der Waals surface area contributed by atoms with Gasteiger partial charge < -0.3 is 5.32 Å². The smallest absolute Gasteiger partial charge is 0.141 e. The molecule has 0 aliphatic rings. The monoisotopic (exact) mass is 291 g/mol. The van der Waals surface area contributed by atoms with E-state index in [2.05, 4.69) is 38.2 Å². The number of hydrogen-bond acceptors (Lipinski definition) is 1. The van der Waals surface area contributed by atoms with Crippen LogP contribution in [0.25, 0.3) is 0 Å². The Morgan fingerprint density at radius 3 is 2.25 bits per heavy atom. The van der Waals surface area contributed by atoms with Crippen LogP contribution < -0.4 is 5.32 Å². The minimum absolute atomic E-state index is 0.00685. The van der Waals surface area contributed by atoms with Crippen LogP contribution in [0.2, 0.25) is 5.02 Å². The topological polar surface area (TPSA) is 12.0 Å². The van der Waals surface area contributed by atoms with Crippen molar-refractivity contribution in [2.24, 2.45) is 0 Å². The van der Waals surface area contributed by atoms with E-state index in [0.29, 0.717) is 0 Å². The van der Waals surface area contributed by atoms with Crippen LogP contribution >= 0.6 is 11.6 Å². The number of benzene rings is 2. The zero-order valence-corrected chi connectivity index (χ0v) is 13.0. The summed E-state index contributed by atoms with van der Waals surface area (Å²) < 4.78 is 13.3. The maximum atomic E-state index is 13.3. The van der Waals surface area contributed by atoms with Gasteiger partial charge in [-0.05, 0) is 67.8 Å². The number of rotatable bonds is 3. The third-order valence-electron chi connectivity index (χ3n) is 3.76. The van der Waals surface area contributed by atoms with Gasteiger partial charge >= 0.3 is 0 Å². The van der Waals surface area contributed by atoms with E-state index in [4.69, 9.17) is 11.6 Å². The molecular formula is C17H19ClFN. The molecule has 1 unspecified atom stereocenters. The van der Waals surface area contributed by atoms with E-state index in [1.807, 2.05) is 7.05 Å². The van der Waals surface area contributed by atoms with Crippen LogP contribution in [-0.4, -0.2) is 7.05 Å². The summed E-state index contributed by atoms with van der Waals surface area (Å²) in [5, 5.41) is 3.44. The minimum atomic E-state index is -0.387. The maximum Gasteiger partial charge on any atom is 0.141 e. The van der Waals surface area contributed by atoms with Crippen molar-refractivity contribution in [2.75, 3.05) is 7.05 Å². The van der Waals surface area contributed by atoms with E-state index in [9.17, 15) is 4.39 Å². The quantitative estimate of drug-likeness (QED) is 0.863. The van der Waals surface area contributed by atoms with E-state index in [1.54, 1.807) is 12.1 Å². The fourth-order valence-corrected chi connectivity index (χ4v) is 2.68. The maximum absolute atomic E-state index is 13.3. The standard InChI is InChI=1S/C17H19ClFN/c1-10-7-12(3)14(8-11(10)2)17(20-4)13-5-6-16(19)15(18)9-13/h5-9,17,20H,1-4H3. The molecule has 1 atom stereocenters. The van der Waals surface area contributed by atoms with Crippen molar-refractivity contribution in [2.45, 2.75) is 26.8 Å². The molecular weight excluding hydrogens is 273 g/mol. The van der Waals surface area contributed by atoms with Gasteiger partial charge in [-0.3, -0.25) is 0 Å². The molecule has 0 aromatic heterocycles. The molecule has 0 fully saturated rings. The Kier molecular flexibility index (Phi) is 4.46. The predicted molar refractivity (Wildman–Crippen MR) is 83.0 cm³/mol. The number of nitrogens with one attached hydrogen (secondary N) is 1. The second kappa shape index (κ2) is 5.94. The van der Waals surface area contributed by atoms with Crippen LogP contribution in [0.3, 0.4) is 0 Å². The molecule has 0 radical (unpaired) electrons. The van der Waals surface area contributed by atoms with Gasteiger partial charge in [0.05, 0.1) is 11.1 Å². The van der Waals surface area contributed by atoms with Crippen molar-refractivity contribution in [3.63, 3.8) is 0 Å². The van der Waals surface area contributed by atoms with Crippen LogP contribution in [0, 0.1) is 26.6 Å². The molecule has 0 aliphatic heterocycles. The van der Waals surface area contributed by atoms with E-state index in [1.165, 1.54) is 28.3 Å². The van der Waals surface area contributed by atoms with Crippen LogP contribution in [0.15, 0.2) is 30.3 Å². The third-order valence-corrected chi connectivity index (χ3v) is 4.05. The Morgan fingerprint density at radius 2 is 1.65 bits per heavy atom. The Morgan fingerprint density at radius 1 is 1.00 bits per heavy atom.